The summed E-state index contributed by atoms with van der Waals surface area (Å²) in [6, 6.07) is 8.51. The number of carbonyl (C=O) groups is 4. The summed E-state index contributed by atoms with van der Waals surface area (Å²) < 4.78 is 20.8. The van der Waals surface area contributed by atoms with Gasteiger partial charge in [-0.05, 0) is 54.6 Å². The number of hydrogen-bond donors (Lipinski definition) is 1. The van der Waals surface area contributed by atoms with Crippen LogP contribution in [0.3, 0.4) is 0 Å². The maximum absolute atomic E-state index is 12.6. The molecule has 0 bridgehead atoms. The van der Waals surface area contributed by atoms with Crippen LogP contribution in [-0.2, 0) is 25.7 Å². The van der Waals surface area contributed by atoms with Crippen molar-refractivity contribution in [3.63, 3.8) is 0 Å². The van der Waals surface area contributed by atoms with Crippen molar-refractivity contribution in [2.45, 2.75) is 12.6 Å². The van der Waals surface area contributed by atoms with Crippen molar-refractivity contribution in [1.82, 2.24) is 5.32 Å². The third kappa shape index (κ3) is 5.68. The molecule has 38 heavy (non-hydrogen) atoms. The Morgan fingerprint density at radius 3 is 2.63 bits per heavy atom. The van der Waals surface area contributed by atoms with Gasteiger partial charge in [-0.1, -0.05) is 11.6 Å². The maximum atomic E-state index is 12.6. The number of nitrogens with one attached hydrogen (secondary N) is 1. The number of furan rings is 2. The van der Waals surface area contributed by atoms with E-state index >= 15 is 0 Å². The summed E-state index contributed by atoms with van der Waals surface area (Å²) in [6.45, 7) is -0.253. The first-order valence-corrected chi connectivity index (χ1v) is 11.0. The lowest BCUT2D eigenvalue weighted by Crippen LogP contribution is -2.50. The molecule has 0 fully saturated rings. The minimum atomic E-state index is -2.08. The number of carbonyl (C=O) groups excluding carboxylic acids is 4. The Balaban J connectivity index is 1.44. The second-order valence-electron chi connectivity index (χ2n) is 7.58. The summed E-state index contributed by atoms with van der Waals surface area (Å²) >= 11 is 6.17. The number of benzene rings is 1. The van der Waals surface area contributed by atoms with Gasteiger partial charge in [0.1, 0.15) is 29.7 Å². The van der Waals surface area contributed by atoms with Gasteiger partial charge in [-0.3, -0.25) is 19.7 Å². The second-order valence-corrected chi connectivity index (χ2v) is 7.98. The topological polar surface area (TPSA) is 181 Å². The molecule has 0 saturated heterocycles. The van der Waals surface area contributed by atoms with E-state index in [1.54, 1.807) is 18.2 Å². The first-order valence-electron chi connectivity index (χ1n) is 10.6. The molecule has 3 heterocycles. The Labute approximate surface area is 217 Å². The molecule has 194 valence electrons. The maximum Gasteiger partial charge on any atom is 0.373 e. The van der Waals surface area contributed by atoms with E-state index in [9.17, 15) is 29.3 Å². The largest absolute Gasteiger partial charge is 0.463 e. The van der Waals surface area contributed by atoms with Crippen molar-refractivity contribution in [3.05, 3.63) is 86.5 Å². The Morgan fingerprint density at radius 2 is 1.92 bits per heavy atom. The first kappa shape index (κ1) is 26.0. The van der Waals surface area contributed by atoms with Gasteiger partial charge in [0.2, 0.25) is 5.76 Å². The summed E-state index contributed by atoms with van der Waals surface area (Å²) in [7, 11) is 1.21. The van der Waals surface area contributed by atoms with Gasteiger partial charge in [-0.25, -0.2) is 9.59 Å². The Morgan fingerprint density at radius 1 is 1.13 bits per heavy atom. The van der Waals surface area contributed by atoms with Crippen molar-refractivity contribution in [2.24, 2.45) is 4.99 Å². The predicted molar refractivity (Wildman–Crippen MR) is 129 cm³/mol. The summed E-state index contributed by atoms with van der Waals surface area (Å²) in [5, 5.41) is 13.1. The molecule has 4 rings (SSSR count). The van der Waals surface area contributed by atoms with Crippen LogP contribution >= 0.6 is 11.6 Å². The molecule has 1 atom stereocenters. The van der Waals surface area contributed by atoms with Crippen LogP contribution in [0, 0.1) is 10.1 Å². The highest BCUT2D eigenvalue weighted by Gasteiger charge is 2.41. The SMILES string of the molecule is COC(=O)c1ccc(COC(=O)c2cc(-c3ccc(/C=C/C4=NC(=O)C([N+](=O)[O-])C(=O)N4)o3)ccc2Cl)o1. The van der Waals surface area contributed by atoms with Crippen LogP contribution in [0.1, 0.15) is 32.4 Å². The van der Waals surface area contributed by atoms with Gasteiger partial charge < -0.3 is 23.6 Å². The zero-order valence-electron chi connectivity index (χ0n) is 19.3. The second kappa shape index (κ2) is 10.9. The number of ether oxygens (including phenoxy) is 2. The van der Waals surface area contributed by atoms with Crippen LogP contribution in [0.15, 0.2) is 62.4 Å². The van der Waals surface area contributed by atoms with Gasteiger partial charge in [0.25, 0.3) is 0 Å². The van der Waals surface area contributed by atoms with Crippen molar-refractivity contribution in [3.8, 4) is 11.3 Å². The standard InChI is InChI=1S/C24H16ClN3O10/c1-35-24(32)18-8-4-14(38-18)11-36-23(31)15-10-12(2-6-16(15)25)17-7-3-13(37-17)5-9-19-26-21(29)20(28(33)34)22(30)27-19/h2-10,20H,11H2,1H3,(H,26,27,29,30)/b9-5+. The van der Waals surface area contributed by atoms with E-state index < -0.39 is 34.7 Å². The number of amidine groups is 1. The van der Waals surface area contributed by atoms with Gasteiger partial charge in [0.05, 0.1) is 17.7 Å². The number of nitrogens with zero attached hydrogens (tertiary/aromatic N) is 2. The summed E-state index contributed by atoms with van der Waals surface area (Å²) in [6.07, 6.45) is 2.64. The molecule has 0 aliphatic carbocycles. The molecule has 0 saturated carbocycles. The molecule has 1 aliphatic rings. The highest BCUT2D eigenvalue weighted by Crippen LogP contribution is 2.28. The van der Waals surface area contributed by atoms with Crippen LogP contribution in [-0.4, -0.2) is 47.7 Å². The highest BCUT2D eigenvalue weighted by molar-refractivity contribution is 6.33. The Kier molecular flexibility index (Phi) is 7.48. The van der Waals surface area contributed by atoms with Crippen molar-refractivity contribution in [2.75, 3.05) is 7.11 Å². The molecular formula is C24H16ClN3O10. The third-order valence-corrected chi connectivity index (χ3v) is 5.40. The number of aliphatic imine (C=N–C) groups is 1. The van der Waals surface area contributed by atoms with Gasteiger partial charge in [-0.15, -0.1) is 0 Å². The Hall–Kier alpha value is -5.04. The first-order chi connectivity index (χ1) is 18.2. The highest BCUT2D eigenvalue weighted by atomic mass is 35.5. The third-order valence-electron chi connectivity index (χ3n) is 5.07. The predicted octanol–water partition coefficient (Wildman–Crippen LogP) is 3.05. The van der Waals surface area contributed by atoms with E-state index in [4.69, 9.17) is 25.2 Å². The minimum Gasteiger partial charge on any atom is -0.463 e. The molecule has 13 nitrogen and oxygen atoms in total. The normalized spacial score (nSPS) is 15.2. The van der Waals surface area contributed by atoms with Crippen molar-refractivity contribution < 1.29 is 42.4 Å². The smallest absolute Gasteiger partial charge is 0.373 e. The lowest BCUT2D eigenvalue weighted by molar-refractivity contribution is -0.493. The number of nitro groups is 1. The molecule has 1 N–H and O–H groups in total. The number of amides is 2. The van der Waals surface area contributed by atoms with Gasteiger partial charge in [0, 0.05) is 10.5 Å². The number of halogens is 1. The molecule has 1 aromatic carbocycles. The number of hydrogen-bond acceptors (Lipinski definition) is 10. The van der Waals surface area contributed by atoms with Gasteiger partial charge in [0.15, 0.2) is 0 Å². The zero-order valence-corrected chi connectivity index (χ0v) is 20.1. The summed E-state index contributed by atoms with van der Waals surface area (Å²) in [5.74, 6) is -3.04. The molecule has 1 aliphatic heterocycles. The number of methoxy groups -OCH3 is 1. The van der Waals surface area contributed by atoms with E-state index in [2.05, 4.69) is 15.0 Å². The van der Waals surface area contributed by atoms with E-state index in [0.29, 0.717) is 17.1 Å². The van der Waals surface area contributed by atoms with Crippen LogP contribution in [0.25, 0.3) is 17.4 Å². The van der Waals surface area contributed by atoms with Crippen molar-refractivity contribution >= 4 is 47.3 Å². The number of esters is 2. The zero-order chi connectivity index (χ0) is 27.4. The monoisotopic (exact) mass is 541 g/mol. The molecule has 0 radical (unpaired) electrons. The summed E-state index contributed by atoms with van der Waals surface area (Å²) in [4.78, 5) is 60.8. The number of rotatable bonds is 8. The minimum absolute atomic E-state index is 0.0356. The van der Waals surface area contributed by atoms with E-state index in [0.717, 1.165) is 0 Å². The average molecular weight is 542 g/mol. The average Bonchev–Trinajstić information content (AvgIpc) is 3.55. The lowest BCUT2D eigenvalue weighted by Gasteiger charge is -2.12. The molecule has 14 heteroatoms. The lowest BCUT2D eigenvalue weighted by atomic mass is 10.1. The van der Waals surface area contributed by atoms with E-state index in [1.165, 1.54) is 43.5 Å². The molecular weight excluding hydrogens is 526 g/mol. The van der Waals surface area contributed by atoms with Gasteiger partial charge in [-0.2, -0.15) is 4.99 Å². The summed E-state index contributed by atoms with van der Waals surface area (Å²) in [5.41, 5.74) is 0.537. The van der Waals surface area contributed by atoms with Crippen LogP contribution in [0.5, 0.6) is 0 Å². The van der Waals surface area contributed by atoms with Crippen LogP contribution < -0.4 is 5.32 Å². The van der Waals surface area contributed by atoms with Crippen LogP contribution in [0.2, 0.25) is 5.02 Å². The fourth-order valence-corrected chi connectivity index (χ4v) is 3.45. The fraction of sp³-hybridized carbons (Fsp3) is 0.125. The molecule has 0 spiro atoms. The quantitative estimate of drug-likeness (QED) is 0.192. The fourth-order valence-electron chi connectivity index (χ4n) is 3.25. The van der Waals surface area contributed by atoms with Crippen LogP contribution in [0.4, 0.5) is 0 Å². The molecule has 1 unspecified atom stereocenters. The Bertz CT molecular complexity index is 1520. The van der Waals surface area contributed by atoms with Crippen molar-refractivity contribution in [1.29, 1.82) is 0 Å². The van der Waals surface area contributed by atoms with E-state index in [1.807, 2.05) is 0 Å². The molecule has 3 aromatic rings. The van der Waals surface area contributed by atoms with Gasteiger partial charge >= 0.3 is 29.8 Å². The van der Waals surface area contributed by atoms with E-state index in [-0.39, 0.29) is 34.5 Å². The molecule has 2 amide bonds. The molecule has 2 aromatic heterocycles.